The summed E-state index contributed by atoms with van der Waals surface area (Å²) < 4.78 is 0. The quantitative estimate of drug-likeness (QED) is 0.775. The lowest BCUT2D eigenvalue weighted by Gasteiger charge is -2.27. The van der Waals surface area contributed by atoms with Gasteiger partial charge in [-0.05, 0) is 32.9 Å². The number of anilines is 1. The minimum absolute atomic E-state index is 0.400. The fraction of sp³-hybridized carbons (Fsp3) is 0.462. The first-order valence-electron chi connectivity index (χ1n) is 5.57. The number of hydrogen-bond donors (Lipinski definition) is 1. The monoisotopic (exact) mass is 220 g/mol. The molecule has 1 rings (SSSR count). The molecule has 0 saturated heterocycles. The summed E-state index contributed by atoms with van der Waals surface area (Å²) in [5.41, 5.74) is 1.75. The van der Waals surface area contributed by atoms with Crippen LogP contribution in [0.2, 0.25) is 0 Å². The van der Waals surface area contributed by atoms with Crippen LogP contribution in [0.4, 0.5) is 5.69 Å². The van der Waals surface area contributed by atoms with E-state index in [1.165, 1.54) is 0 Å². The van der Waals surface area contributed by atoms with Gasteiger partial charge in [0.15, 0.2) is 0 Å². The molecule has 1 unspecified atom stereocenters. The van der Waals surface area contributed by atoms with E-state index < -0.39 is 6.10 Å². The lowest BCUT2D eigenvalue weighted by Crippen LogP contribution is -2.30. The first kappa shape index (κ1) is 12.7. The summed E-state index contributed by atoms with van der Waals surface area (Å²) >= 11 is 0. The number of hydrogen-bond acceptors (Lipinski definition) is 3. The second-order valence-electron chi connectivity index (χ2n) is 4.15. The second-order valence-corrected chi connectivity index (χ2v) is 4.15. The third-order valence-corrected chi connectivity index (χ3v) is 2.48. The minimum Gasteiger partial charge on any atom is -0.387 e. The van der Waals surface area contributed by atoms with Crippen LogP contribution in [0.3, 0.4) is 0 Å². The van der Waals surface area contributed by atoms with Gasteiger partial charge >= 0.3 is 0 Å². The fourth-order valence-electron chi connectivity index (χ4n) is 1.57. The highest BCUT2D eigenvalue weighted by Crippen LogP contribution is 2.18. The molecule has 0 spiro atoms. The van der Waals surface area contributed by atoms with E-state index in [-0.39, 0.29) is 0 Å². The van der Waals surface area contributed by atoms with Crippen molar-refractivity contribution in [3.8, 4) is 0 Å². The van der Waals surface area contributed by atoms with Crippen LogP contribution in [0.15, 0.2) is 31.0 Å². The van der Waals surface area contributed by atoms with E-state index in [0.717, 1.165) is 12.2 Å². The van der Waals surface area contributed by atoms with Crippen LogP contribution in [-0.4, -0.2) is 22.7 Å². The molecule has 88 valence electrons. The summed E-state index contributed by atoms with van der Waals surface area (Å²) in [4.78, 5) is 6.44. The summed E-state index contributed by atoms with van der Waals surface area (Å²) in [7, 11) is 0. The zero-order chi connectivity index (χ0) is 12.1. The molecule has 1 atom stereocenters. The van der Waals surface area contributed by atoms with E-state index in [1.54, 1.807) is 13.1 Å². The van der Waals surface area contributed by atoms with E-state index in [9.17, 15) is 5.11 Å². The molecule has 0 bridgehead atoms. The average Bonchev–Trinajstić information content (AvgIpc) is 2.25. The van der Waals surface area contributed by atoms with Crippen molar-refractivity contribution in [2.75, 3.05) is 11.4 Å². The number of nitrogens with zero attached hydrogens (tertiary/aromatic N) is 2. The largest absolute Gasteiger partial charge is 0.387 e. The van der Waals surface area contributed by atoms with Gasteiger partial charge in [-0.15, -0.1) is 6.58 Å². The number of rotatable bonds is 5. The zero-order valence-corrected chi connectivity index (χ0v) is 10.2. The van der Waals surface area contributed by atoms with E-state index in [1.807, 2.05) is 18.2 Å². The Hall–Kier alpha value is -1.35. The Bertz CT molecular complexity index is 330. The fourth-order valence-corrected chi connectivity index (χ4v) is 1.57. The molecule has 0 aromatic carbocycles. The lowest BCUT2D eigenvalue weighted by atomic mass is 10.2. The molecule has 1 heterocycles. The molecule has 0 aliphatic heterocycles. The Morgan fingerprint density at radius 3 is 2.50 bits per heavy atom. The molecule has 0 aliphatic rings. The van der Waals surface area contributed by atoms with Crippen molar-refractivity contribution >= 4 is 5.69 Å². The standard InChI is InChI=1S/C13H20N2O/c1-5-8-15(10(2)3)12-6-7-13(11(4)16)14-9-12/h5-7,9-11,16H,1,8H2,2-4H3. The molecule has 1 aromatic rings. The third kappa shape index (κ3) is 3.07. The van der Waals surface area contributed by atoms with Crippen LogP contribution in [-0.2, 0) is 0 Å². The Kier molecular flexibility index (Phi) is 4.50. The van der Waals surface area contributed by atoms with Crippen molar-refractivity contribution in [2.45, 2.75) is 32.9 Å². The number of aromatic nitrogens is 1. The number of pyridine rings is 1. The first-order chi connectivity index (χ1) is 7.56. The molecule has 16 heavy (non-hydrogen) atoms. The van der Waals surface area contributed by atoms with E-state index in [4.69, 9.17) is 0 Å². The summed E-state index contributed by atoms with van der Waals surface area (Å²) in [6, 6.07) is 4.24. The summed E-state index contributed by atoms with van der Waals surface area (Å²) in [6.45, 7) is 10.5. The molecule has 1 N–H and O–H groups in total. The van der Waals surface area contributed by atoms with Crippen molar-refractivity contribution < 1.29 is 5.11 Å². The van der Waals surface area contributed by atoms with Crippen molar-refractivity contribution in [3.05, 3.63) is 36.7 Å². The maximum atomic E-state index is 9.37. The highest BCUT2D eigenvalue weighted by Gasteiger charge is 2.10. The molecule has 3 heteroatoms. The molecular formula is C13H20N2O. The third-order valence-electron chi connectivity index (χ3n) is 2.48. The van der Waals surface area contributed by atoms with Gasteiger partial charge in [-0.2, -0.15) is 0 Å². The maximum Gasteiger partial charge on any atom is 0.0931 e. The summed E-state index contributed by atoms with van der Waals surface area (Å²) in [6.07, 6.45) is 3.16. The van der Waals surface area contributed by atoms with Gasteiger partial charge in [-0.3, -0.25) is 4.98 Å². The van der Waals surface area contributed by atoms with Crippen LogP contribution in [0.1, 0.15) is 32.6 Å². The van der Waals surface area contributed by atoms with Crippen LogP contribution in [0, 0.1) is 0 Å². The second kappa shape index (κ2) is 5.66. The topological polar surface area (TPSA) is 36.4 Å². The lowest BCUT2D eigenvalue weighted by molar-refractivity contribution is 0.194. The molecule has 0 radical (unpaired) electrons. The van der Waals surface area contributed by atoms with E-state index in [0.29, 0.717) is 11.7 Å². The van der Waals surface area contributed by atoms with Gasteiger partial charge < -0.3 is 10.0 Å². The summed E-state index contributed by atoms with van der Waals surface area (Å²) in [5.74, 6) is 0. The van der Waals surface area contributed by atoms with Crippen molar-refractivity contribution in [2.24, 2.45) is 0 Å². The van der Waals surface area contributed by atoms with Gasteiger partial charge in [-0.1, -0.05) is 6.08 Å². The zero-order valence-electron chi connectivity index (χ0n) is 10.2. The minimum atomic E-state index is -0.513. The SMILES string of the molecule is C=CCN(c1ccc(C(C)O)nc1)C(C)C. The van der Waals surface area contributed by atoms with E-state index >= 15 is 0 Å². The van der Waals surface area contributed by atoms with Crippen LogP contribution < -0.4 is 4.90 Å². The Balaban J connectivity index is 2.89. The van der Waals surface area contributed by atoms with Gasteiger partial charge in [0.25, 0.3) is 0 Å². The highest BCUT2D eigenvalue weighted by molar-refractivity contribution is 5.46. The van der Waals surface area contributed by atoms with Gasteiger partial charge in [0.05, 0.1) is 23.7 Å². The Morgan fingerprint density at radius 1 is 1.44 bits per heavy atom. The van der Waals surface area contributed by atoms with Gasteiger partial charge in [0.1, 0.15) is 0 Å². The highest BCUT2D eigenvalue weighted by atomic mass is 16.3. The van der Waals surface area contributed by atoms with Crippen molar-refractivity contribution in [3.63, 3.8) is 0 Å². The molecular weight excluding hydrogens is 200 g/mol. The predicted octanol–water partition coefficient (Wildman–Crippen LogP) is 2.54. The molecule has 3 nitrogen and oxygen atoms in total. The average molecular weight is 220 g/mol. The van der Waals surface area contributed by atoms with Gasteiger partial charge in [-0.25, -0.2) is 0 Å². The smallest absolute Gasteiger partial charge is 0.0931 e. The van der Waals surface area contributed by atoms with Gasteiger partial charge in [0.2, 0.25) is 0 Å². The predicted molar refractivity (Wildman–Crippen MR) is 67.5 cm³/mol. The van der Waals surface area contributed by atoms with Gasteiger partial charge in [0, 0.05) is 12.6 Å². The Labute approximate surface area is 97.4 Å². The molecule has 1 aromatic heterocycles. The molecule has 0 saturated carbocycles. The normalized spacial score (nSPS) is 12.6. The van der Waals surface area contributed by atoms with E-state index in [2.05, 4.69) is 30.3 Å². The molecule has 0 fully saturated rings. The Morgan fingerprint density at radius 2 is 2.12 bits per heavy atom. The molecule has 0 aliphatic carbocycles. The number of aliphatic hydroxyl groups excluding tert-OH is 1. The number of aliphatic hydroxyl groups is 1. The first-order valence-corrected chi connectivity index (χ1v) is 5.57. The van der Waals surface area contributed by atoms with Crippen molar-refractivity contribution in [1.29, 1.82) is 0 Å². The molecule has 0 amide bonds. The van der Waals surface area contributed by atoms with Crippen LogP contribution in [0.25, 0.3) is 0 Å². The van der Waals surface area contributed by atoms with Crippen LogP contribution >= 0.6 is 0 Å². The van der Waals surface area contributed by atoms with Crippen LogP contribution in [0.5, 0.6) is 0 Å². The summed E-state index contributed by atoms with van der Waals surface area (Å²) in [5, 5.41) is 9.37. The maximum absolute atomic E-state index is 9.37. The van der Waals surface area contributed by atoms with Crippen molar-refractivity contribution in [1.82, 2.24) is 4.98 Å².